The van der Waals surface area contributed by atoms with E-state index in [2.05, 4.69) is 0 Å². The first-order valence-corrected chi connectivity index (χ1v) is 33.2. The molecule has 0 saturated heterocycles. The first-order chi connectivity index (χ1) is 42.3. The summed E-state index contributed by atoms with van der Waals surface area (Å²) < 4.78 is 146. The van der Waals surface area contributed by atoms with Crippen LogP contribution in [0.25, 0.3) is 0 Å². The van der Waals surface area contributed by atoms with E-state index in [4.69, 9.17) is 37.5 Å². The van der Waals surface area contributed by atoms with Crippen molar-refractivity contribution in [3.8, 4) is 34.5 Å². The lowest BCUT2D eigenvalue weighted by molar-refractivity contribution is 0.103. The standard InChI is InChI=1S/2C21H18O6S.C20H26O6S2.C4H10O2.CH4/c2*1-14-3-5-15(6-4-14)21(22)16-7-9-17(10-8-16)27-19-12-11-18(26-2)13-20(19)28(23,24)25;1-14-6-8-17(4)19(10-14)27(21,22)25-12-16(3)13-26-28(23,24)20-11-15(2)7-9-18(20)5;1-4(2-5)3-6;/h2*3-13H,1-2H3,(H,23,24,25);6-11,16H,12-13H2,1-5H3;4-6H,2-3H2,1H3;1H4. The van der Waals surface area contributed by atoms with Crippen molar-refractivity contribution in [3.63, 3.8) is 0 Å². The molecule has 0 aliphatic heterocycles. The lowest BCUT2D eigenvalue weighted by Gasteiger charge is -2.15. The van der Waals surface area contributed by atoms with Crippen LogP contribution in [0.4, 0.5) is 0 Å². The number of methoxy groups -OCH3 is 2. The summed E-state index contributed by atoms with van der Waals surface area (Å²) in [5.41, 5.74) is 7.02. The second kappa shape index (κ2) is 33.8. The number of rotatable bonds is 22. The lowest BCUT2D eigenvalue weighted by Crippen LogP contribution is -2.20. The Bertz CT molecular complexity index is 3940. The number of benzene rings is 8. The van der Waals surface area contributed by atoms with E-state index in [-0.39, 0.29) is 84.1 Å². The highest BCUT2D eigenvalue weighted by atomic mass is 32.2. The van der Waals surface area contributed by atoms with Crippen molar-refractivity contribution >= 4 is 52.0 Å². The zero-order chi connectivity index (χ0) is 66.7. The van der Waals surface area contributed by atoms with Gasteiger partial charge >= 0.3 is 0 Å². The summed E-state index contributed by atoms with van der Waals surface area (Å²) in [5, 5.41) is 16.3. The van der Waals surface area contributed by atoms with Crippen LogP contribution in [0.3, 0.4) is 0 Å². The number of ether oxygens (including phenoxy) is 4. The molecule has 0 aliphatic rings. The average molecular weight is 1330 g/mol. The molecule has 0 heterocycles. The van der Waals surface area contributed by atoms with Gasteiger partial charge in [0.2, 0.25) is 0 Å². The number of hydrogen-bond acceptors (Lipinski definition) is 18. The Morgan fingerprint density at radius 3 is 0.945 bits per heavy atom. The van der Waals surface area contributed by atoms with E-state index < -0.39 is 56.2 Å². The predicted molar refractivity (Wildman–Crippen MR) is 345 cm³/mol. The molecule has 4 N–H and O–H groups in total. The fourth-order valence-electron chi connectivity index (χ4n) is 7.75. The van der Waals surface area contributed by atoms with Crippen LogP contribution in [0.5, 0.6) is 34.5 Å². The van der Waals surface area contributed by atoms with Gasteiger partial charge in [-0.25, -0.2) is 0 Å². The minimum absolute atomic E-state index is 0. The van der Waals surface area contributed by atoms with Gasteiger partial charge < -0.3 is 29.2 Å². The second-order valence-corrected chi connectivity index (χ2v) is 26.8. The summed E-state index contributed by atoms with van der Waals surface area (Å²) in [7, 11) is -14.1. The molecule has 20 nitrogen and oxygen atoms in total. The van der Waals surface area contributed by atoms with Crippen molar-refractivity contribution < 1.29 is 89.9 Å². The molecule has 0 aromatic heterocycles. The fraction of sp³-hybridized carbons (Fsp3) is 0.254. The molecule has 0 amide bonds. The normalized spacial score (nSPS) is 11.3. The maximum absolute atomic E-state index is 12.5. The molecular weight excluding hydrogens is 1250 g/mol. The summed E-state index contributed by atoms with van der Waals surface area (Å²) in [4.78, 5) is 24.4. The van der Waals surface area contributed by atoms with E-state index in [1.54, 1.807) is 139 Å². The quantitative estimate of drug-likeness (QED) is 0.0278. The number of aryl methyl sites for hydroxylation is 6. The molecule has 8 rings (SSSR count). The van der Waals surface area contributed by atoms with Gasteiger partial charge in [0, 0.05) is 59.4 Å². The topological polar surface area (TPSA) is 307 Å². The van der Waals surface area contributed by atoms with E-state index in [0.29, 0.717) is 44.9 Å². The zero-order valence-corrected chi connectivity index (χ0v) is 54.4. The van der Waals surface area contributed by atoms with E-state index >= 15 is 0 Å². The average Bonchev–Trinajstić information content (AvgIpc) is 1.52. The Balaban J connectivity index is 0.000000277. The minimum Gasteiger partial charge on any atom is -0.497 e. The summed E-state index contributed by atoms with van der Waals surface area (Å²) in [6.45, 7) is 14.1. The number of hydrogen-bond donors (Lipinski definition) is 4. The number of aliphatic hydroxyl groups excluding tert-OH is 2. The smallest absolute Gasteiger partial charge is 0.298 e. The molecule has 8 aromatic carbocycles. The third kappa shape index (κ3) is 22.6. The molecule has 0 bridgehead atoms. The SMILES string of the molecule is C.CC(CO)CO.COc1ccc(Oc2ccc(C(=O)c3ccc(C)cc3)cc2)c(S(=O)(=O)O)c1.COc1ccc(Oc2ccc(C(=O)c3ccc(C)cc3)cc2)c(S(=O)(=O)O)c1.Cc1ccc(C)c(S(=O)(=O)OCC(C)COS(=O)(=O)c2cc(C)ccc2C)c1. The maximum Gasteiger partial charge on any atom is 0.298 e. The third-order valence-electron chi connectivity index (χ3n) is 13.0. The summed E-state index contributed by atoms with van der Waals surface area (Å²) in [5.74, 6) is 0.389. The molecule has 8 aromatic rings. The molecule has 0 atom stereocenters. The number of carbonyl (C=O) groups is 2. The Labute approximate surface area is 533 Å². The number of aliphatic hydroxyl groups is 2. The Morgan fingerprint density at radius 2 is 0.670 bits per heavy atom. The highest BCUT2D eigenvalue weighted by molar-refractivity contribution is 7.87. The molecule has 0 spiro atoms. The summed E-state index contributed by atoms with van der Waals surface area (Å²) in [6, 6.07) is 45.4. The van der Waals surface area contributed by atoms with Gasteiger partial charge in [-0.2, -0.15) is 33.7 Å². The molecular formula is C67H76O20S4. The van der Waals surface area contributed by atoms with E-state index in [0.717, 1.165) is 22.3 Å². The highest BCUT2D eigenvalue weighted by Crippen LogP contribution is 2.34. The Morgan fingerprint density at radius 1 is 0.385 bits per heavy atom. The van der Waals surface area contributed by atoms with Crippen molar-refractivity contribution in [2.24, 2.45) is 11.8 Å². The van der Waals surface area contributed by atoms with Crippen LogP contribution < -0.4 is 18.9 Å². The number of carbonyl (C=O) groups excluding carboxylic acids is 2. The fourth-order valence-corrected chi connectivity index (χ4v) is 11.7. The van der Waals surface area contributed by atoms with Crippen LogP contribution in [0.15, 0.2) is 189 Å². The first-order valence-electron chi connectivity index (χ1n) is 27.5. The Kier molecular flexibility index (Phi) is 28.0. The van der Waals surface area contributed by atoms with Crippen LogP contribution in [-0.4, -0.2) is 105 Å². The van der Waals surface area contributed by atoms with Crippen molar-refractivity contribution in [1.82, 2.24) is 0 Å². The van der Waals surface area contributed by atoms with Crippen molar-refractivity contribution in [2.45, 2.75) is 82.4 Å². The molecule has 488 valence electrons. The third-order valence-corrected chi connectivity index (χ3v) is 17.6. The lowest BCUT2D eigenvalue weighted by atomic mass is 10.0. The highest BCUT2D eigenvalue weighted by Gasteiger charge is 2.24. The van der Waals surface area contributed by atoms with Gasteiger partial charge in [0.1, 0.15) is 44.3 Å². The molecule has 0 unspecified atom stereocenters. The molecule has 0 fully saturated rings. The van der Waals surface area contributed by atoms with E-state index in [9.17, 15) is 52.4 Å². The van der Waals surface area contributed by atoms with Crippen molar-refractivity contribution in [3.05, 3.63) is 225 Å². The maximum atomic E-state index is 12.5. The second-order valence-electron chi connectivity index (χ2n) is 20.8. The molecule has 0 aliphatic carbocycles. The predicted octanol–water partition coefficient (Wildman–Crippen LogP) is 12.5. The van der Waals surface area contributed by atoms with Crippen LogP contribution in [-0.2, 0) is 48.8 Å². The van der Waals surface area contributed by atoms with E-state index in [1.165, 1.54) is 50.6 Å². The van der Waals surface area contributed by atoms with Gasteiger partial charge in [-0.3, -0.25) is 27.1 Å². The van der Waals surface area contributed by atoms with Crippen LogP contribution in [0, 0.1) is 53.4 Å². The van der Waals surface area contributed by atoms with Gasteiger partial charge in [-0.15, -0.1) is 0 Å². The van der Waals surface area contributed by atoms with Gasteiger partial charge in [0.15, 0.2) is 11.6 Å². The van der Waals surface area contributed by atoms with Crippen molar-refractivity contribution in [2.75, 3.05) is 40.6 Å². The number of ketones is 2. The minimum atomic E-state index is -4.51. The van der Waals surface area contributed by atoms with Crippen LogP contribution in [0.2, 0.25) is 0 Å². The van der Waals surface area contributed by atoms with Crippen LogP contribution in [0.1, 0.15) is 86.5 Å². The van der Waals surface area contributed by atoms with E-state index in [1.807, 2.05) is 50.2 Å². The van der Waals surface area contributed by atoms with Gasteiger partial charge in [0.25, 0.3) is 40.5 Å². The van der Waals surface area contributed by atoms with Gasteiger partial charge in [-0.1, -0.05) is 105 Å². The molecule has 24 heteroatoms. The first kappa shape index (κ1) is 75.3. The van der Waals surface area contributed by atoms with Gasteiger partial charge in [-0.05, 0) is 149 Å². The van der Waals surface area contributed by atoms with Crippen LogP contribution >= 0.6 is 0 Å². The summed E-state index contributed by atoms with van der Waals surface area (Å²) in [6.07, 6.45) is 0. The molecule has 0 saturated carbocycles. The van der Waals surface area contributed by atoms with Gasteiger partial charge in [0.05, 0.1) is 37.2 Å². The summed E-state index contributed by atoms with van der Waals surface area (Å²) >= 11 is 0. The monoisotopic (exact) mass is 1330 g/mol. The molecule has 91 heavy (non-hydrogen) atoms. The molecule has 0 radical (unpaired) electrons. The largest absolute Gasteiger partial charge is 0.497 e. The van der Waals surface area contributed by atoms with Crippen molar-refractivity contribution in [1.29, 1.82) is 0 Å². The zero-order valence-electron chi connectivity index (χ0n) is 51.1. The Hall–Kier alpha value is -8.14.